The van der Waals surface area contributed by atoms with Gasteiger partial charge in [-0.1, -0.05) is 0 Å². The quantitative estimate of drug-likeness (QED) is 0.613. The number of carbonyl (C=O) groups is 1. The molecule has 1 saturated heterocycles. The number of ketones is 1. The number of hydrogen-bond donors (Lipinski definition) is 0. The second-order valence-corrected chi connectivity index (χ2v) is 4.12. The van der Waals surface area contributed by atoms with Gasteiger partial charge in [0.15, 0.2) is 5.78 Å². The van der Waals surface area contributed by atoms with Gasteiger partial charge in [-0.15, -0.1) is 0 Å². The number of ether oxygens (including phenoxy) is 1. The minimum atomic E-state index is -1.02. The average Bonchev–Trinajstić information content (AvgIpc) is 2.35. The van der Waals surface area contributed by atoms with Crippen LogP contribution in [-0.2, 0) is 20.3 Å². The van der Waals surface area contributed by atoms with Gasteiger partial charge in [-0.3, -0.25) is 9.00 Å². The third-order valence-corrected chi connectivity index (χ3v) is 2.33. The second-order valence-electron chi connectivity index (χ2n) is 2.69. The monoisotopic (exact) mass is 176 g/mol. The van der Waals surface area contributed by atoms with Gasteiger partial charge in [0.2, 0.25) is 0 Å². The molecule has 0 saturated carbocycles. The normalized spacial score (nSPS) is 26.8. The Hall–Kier alpha value is -0.220. The van der Waals surface area contributed by atoms with E-state index in [4.69, 9.17) is 4.74 Å². The van der Waals surface area contributed by atoms with E-state index in [0.29, 0.717) is 6.61 Å². The van der Waals surface area contributed by atoms with E-state index < -0.39 is 10.8 Å². The van der Waals surface area contributed by atoms with Crippen LogP contribution in [-0.4, -0.2) is 34.7 Å². The lowest BCUT2D eigenvalue weighted by Gasteiger charge is -2.05. The number of carbonyl (C=O) groups excluding carboxylic acids is 1. The summed E-state index contributed by atoms with van der Waals surface area (Å²) in [6.45, 7) is 0.673. The Kier molecular flexibility index (Phi) is 3.20. The van der Waals surface area contributed by atoms with Crippen LogP contribution in [0.3, 0.4) is 0 Å². The van der Waals surface area contributed by atoms with Crippen molar-refractivity contribution in [2.45, 2.75) is 18.9 Å². The van der Waals surface area contributed by atoms with Crippen molar-refractivity contribution in [2.24, 2.45) is 0 Å². The molecule has 0 aromatic carbocycles. The van der Waals surface area contributed by atoms with Gasteiger partial charge in [0, 0.05) is 23.7 Å². The average molecular weight is 176 g/mol. The summed E-state index contributed by atoms with van der Waals surface area (Å²) in [6.07, 6.45) is 3.02. The van der Waals surface area contributed by atoms with Crippen LogP contribution in [0, 0.1) is 0 Å². The van der Waals surface area contributed by atoms with E-state index in [-0.39, 0.29) is 17.6 Å². The van der Waals surface area contributed by atoms with Gasteiger partial charge in [-0.25, -0.2) is 0 Å². The fourth-order valence-corrected chi connectivity index (χ4v) is 1.71. The Morgan fingerprint density at radius 1 is 1.73 bits per heavy atom. The highest BCUT2D eigenvalue weighted by molar-refractivity contribution is 7.85. The van der Waals surface area contributed by atoms with E-state index >= 15 is 0 Å². The molecule has 0 spiro atoms. The molecule has 0 aromatic heterocycles. The standard InChI is InChI=1S/C7H12O3S/c1-11(9)5-6(8)7-3-2-4-10-7/h7H,2-5H2,1H3. The maximum absolute atomic E-state index is 11.1. The molecule has 2 atom stereocenters. The van der Waals surface area contributed by atoms with Crippen molar-refractivity contribution in [3.05, 3.63) is 0 Å². The van der Waals surface area contributed by atoms with Crippen molar-refractivity contribution in [3.63, 3.8) is 0 Å². The third-order valence-electron chi connectivity index (χ3n) is 1.63. The zero-order valence-corrected chi connectivity index (χ0v) is 7.36. The van der Waals surface area contributed by atoms with E-state index in [0.717, 1.165) is 12.8 Å². The van der Waals surface area contributed by atoms with Crippen LogP contribution in [0.5, 0.6) is 0 Å². The molecular formula is C7H12O3S. The summed E-state index contributed by atoms with van der Waals surface area (Å²) in [7, 11) is -1.02. The Bertz CT molecular complexity index is 173. The summed E-state index contributed by atoms with van der Waals surface area (Å²) in [6, 6.07) is 0. The molecule has 2 unspecified atom stereocenters. The first kappa shape index (κ1) is 8.87. The van der Waals surface area contributed by atoms with Crippen LogP contribution < -0.4 is 0 Å². The van der Waals surface area contributed by atoms with Crippen LogP contribution >= 0.6 is 0 Å². The first-order chi connectivity index (χ1) is 5.20. The summed E-state index contributed by atoms with van der Waals surface area (Å²) >= 11 is 0. The molecule has 11 heavy (non-hydrogen) atoms. The van der Waals surface area contributed by atoms with Crippen molar-refractivity contribution in [3.8, 4) is 0 Å². The maximum Gasteiger partial charge on any atom is 0.173 e. The van der Waals surface area contributed by atoms with Crippen LogP contribution in [0.25, 0.3) is 0 Å². The van der Waals surface area contributed by atoms with E-state index in [1.54, 1.807) is 0 Å². The van der Waals surface area contributed by atoms with Gasteiger partial charge >= 0.3 is 0 Å². The molecule has 1 rings (SSSR count). The number of rotatable bonds is 3. The molecule has 0 aliphatic carbocycles. The largest absolute Gasteiger partial charge is 0.370 e. The van der Waals surface area contributed by atoms with E-state index in [2.05, 4.69) is 0 Å². The first-order valence-electron chi connectivity index (χ1n) is 3.64. The third kappa shape index (κ3) is 2.71. The Morgan fingerprint density at radius 2 is 2.45 bits per heavy atom. The topological polar surface area (TPSA) is 43.4 Å². The summed E-state index contributed by atoms with van der Waals surface area (Å²) in [5.74, 6) is 0.133. The summed E-state index contributed by atoms with van der Waals surface area (Å²) in [5, 5.41) is 0. The summed E-state index contributed by atoms with van der Waals surface area (Å²) in [4.78, 5) is 11.1. The van der Waals surface area contributed by atoms with Gasteiger partial charge < -0.3 is 4.74 Å². The van der Waals surface area contributed by atoms with Crippen LogP contribution in [0.15, 0.2) is 0 Å². The highest BCUT2D eigenvalue weighted by Crippen LogP contribution is 2.12. The Balaban J connectivity index is 2.34. The lowest BCUT2D eigenvalue weighted by atomic mass is 10.2. The molecule has 64 valence electrons. The molecule has 4 heteroatoms. The summed E-state index contributed by atoms with van der Waals surface area (Å²) < 4.78 is 15.8. The van der Waals surface area contributed by atoms with Gasteiger partial charge in [-0.2, -0.15) is 0 Å². The minimum Gasteiger partial charge on any atom is -0.370 e. The molecule has 0 radical (unpaired) electrons. The zero-order chi connectivity index (χ0) is 8.27. The van der Waals surface area contributed by atoms with Gasteiger partial charge in [0.1, 0.15) is 6.10 Å². The van der Waals surface area contributed by atoms with Crippen molar-refractivity contribution >= 4 is 16.6 Å². The van der Waals surface area contributed by atoms with E-state index in [9.17, 15) is 9.00 Å². The number of hydrogen-bond acceptors (Lipinski definition) is 3. The lowest BCUT2D eigenvalue weighted by molar-refractivity contribution is -0.125. The van der Waals surface area contributed by atoms with Crippen LogP contribution in [0.4, 0.5) is 0 Å². The van der Waals surface area contributed by atoms with Crippen LogP contribution in [0.1, 0.15) is 12.8 Å². The number of Topliss-reactive ketones (excluding diaryl/α,β-unsaturated/α-hetero) is 1. The first-order valence-corrected chi connectivity index (χ1v) is 5.37. The highest BCUT2D eigenvalue weighted by Gasteiger charge is 2.23. The van der Waals surface area contributed by atoms with Crippen molar-refractivity contribution < 1.29 is 13.7 Å². The predicted octanol–water partition coefficient (Wildman–Crippen LogP) is 0.113. The molecular weight excluding hydrogens is 164 g/mol. The van der Waals surface area contributed by atoms with E-state index in [1.165, 1.54) is 6.26 Å². The molecule has 0 bridgehead atoms. The molecule has 1 aliphatic rings. The molecule has 0 N–H and O–H groups in total. The zero-order valence-electron chi connectivity index (χ0n) is 6.54. The summed E-state index contributed by atoms with van der Waals surface area (Å²) in [5.41, 5.74) is 0. The fraction of sp³-hybridized carbons (Fsp3) is 0.857. The maximum atomic E-state index is 11.1. The van der Waals surface area contributed by atoms with Crippen molar-refractivity contribution in [2.75, 3.05) is 18.6 Å². The van der Waals surface area contributed by atoms with Gasteiger partial charge in [0.05, 0.1) is 5.75 Å². The molecule has 1 fully saturated rings. The highest BCUT2D eigenvalue weighted by atomic mass is 32.2. The van der Waals surface area contributed by atoms with Crippen molar-refractivity contribution in [1.82, 2.24) is 0 Å². The molecule has 3 nitrogen and oxygen atoms in total. The molecule has 1 aliphatic heterocycles. The Morgan fingerprint density at radius 3 is 2.91 bits per heavy atom. The fourth-order valence-electron chi connectivity index (χ4n) is 1.12. The SMILES string of the molecule is CS(=O)CC(=O)C1CCCO1. The molecule has 1 heterocycles. The smallest absolute Gasteiger partial charge is 0.173 e. The molecule has 0 aromatic rings. The van der Waals surface area contributed by atoms with Gasteiger partial charge in [-0.05, 0) is 12.8 Å². The predicted molar refractivity (Wildman–Crippen MR) is 42.9 cm³/mol. The molecule has 0 amide bonds. The minimum absolute atomic E-state index is 0.0108. The van der Waals surface area contributed by atoms with Crippen molar-refractivity contribution in [1.29, 1.82) is 0 Å². The second kappa shape index (κ2) is 3.97. The lowest BCUT2D eigenvalue weighted by Crippen LogP contribution is -2.24. The van der Waals surface area contributed by atoms with Gasteiger partial charge in [0.25, 0.3) is 0 Å². The van der Waals surface area contributed by atoms with E-state index in [1.807, 2.05) is 0 Å². The Labute approximate surface area is 68.6 Å². The van der Waals surface area contributed by atoms with Crippen LogP contribution in [0.2, 0.25) is 0 Å².